The van der Waals surface area contributed by atoms with Crippen LogP contribution in [0.1, 0.15) is 28.9 Å². The van der Waals surface area contributed by atoms with Gasteiger partial charge in [0.1, 0.15) is 23.4 Å². The smallest absolute Gasteiger partial charge is 0.383 e. The number of nitrogens with zero attached hydrogens (tertiary/aromatic N) is 4. The van der Waals surface area contributed by atoms with Crippen LogP contribution in [0, 0.1) is 5.82 Å². The number of amides is 3. The van der Waals surface area contributed by atoms with Crippen LogP contribution in [0.2, 0.25) is 0 Å². The molecule has 4 aromatic rings. The fourth-order valence-electron chi connectivity index (χ4n) is 4.90. The van der Waals surface area contributed by atoms with E-state index in [0.29, 0.717) is 29.8 Å². The molecule has 41 heavy (non-hydrogen) atoms. The summed E-state index contributed by atoms with van der Waals surface area (Å²) < 4.78 is 60.7. The van der Waals surface area contributed by atoms with Gasteiger partial charge in [0.15, 0.2) is 5.82 Å². The highest BCUT2D eigenvalue weighted by Gasteiger charge is 2.32. The van der Waals surface area contributed by atoms with E-state index in [1.807, 2.05) is 0 Å². The van der Waals surface area contributed by atoms with E-state index in [9.17, 15) is 22.8 Å². The number of rotatable bonds is 6. The SMILES string of the molecule is COCC1CCCN1C(=O)c1cc(-c2ccc(NC(=O)Nc3cccc(C(F)(F)F)c3)c(F)c2)c2c(N)ncnn12. The summed E-state index contributed by atoms with van der Waals surface area (Å²) in [5.74, 6) is -1.04. The van der Waals surface area contributed by atoms with Crippen LogP contribution < -0.4 is 16.4 Å². The summed E-state index contributed by atoms with van der Waals surface area (Å²) >= 11 is 0. The van der Waals surface area contributed by atoms with E-state index in [1.54, 1.807) is 18.1 Å². The molecule has 1 fully saturated rings. The maximum absolute atomic E-state index is 15.2. The molecule has 1 aliphatic rings. The third-order valence-electron chi connectivity index (χ3n) is 6.77. The number of urea groups is 1. The number of methoxy groups -OCH3 is 1. The number of carbonyl (C=O) groups excluding carboxylic acids is 2. The first-order valence-corrected chi connectivity index (χ1v) is 12.5. The Bertz CT molecular complexity index is 1620. The van der Waals surface area contributed by atoms with Crippen molar-refractivity contribution >= 4 is 34.6 Å². The predicted molar refractivity (Wildman–Crippen MR) is 143 cm³/mol. The maximum Gasteiger partial charge on any atom is 0.416 e. The second kappa shape index (κ2) is 11.0. The molecule has 0 aliphatic carbocycles. The number of nitrogens with two attached hydrogens (primary N) is 1. The summed E-state index contributed by atoms with van der Waals surface area (Å²) in [5.41, 5.74) is 6.11. The molecule has 214 valence electrons. The Kier molecular flexibility index (Phi) is 7.49. The van der Waals surface area contributed by atoms with Crippen molar-refractivity contribution in [1.29, 1.82) is 0 Å². The number of ether oxygens (including phenoxy) is 1. The van der Waals surface area contributed by atoms with Crippen molar-refractivity contribution in [2.24, 2.45) is 0 Å². The van der Waals surface area contributed by atoms with Crippen LogP contribution in [0.3, 0.4) is 0 Å². The Balaban J connectivity index is 1.41. The van der Waals surface area contributed by atoms with Gasteiger partial charge in [-0.15, -0.1) is 0 Å². The van der Waals surface area contributed by atoms with Gasteiger partial charge in [0.2, 0.25) is 0 Å². The standard InChI is InChI=1S/C27H25F4N7O3/c1-41-13-18-6-3-9-37(18)25(39)22-12-19(23-24(32)33-14-34-38(22)23)15-7-8-21(20(28)10-15)36-26(40)35-17-5-2-4-16(11-17)27(29,30)31/h2,4-5,7-8,10-12,14,18H,3,6,9,13H2,1H3,(H2,32,33,34)(H2,35,36,40). The van der Waals surface area contributed by atoms with E-state index in [2.05, 4.69) is 20.7 Å². The Morgan fingerprint density at radius 1 is 1.15 bits per heavy atom. The van der Waals surface area contributed by atoms with E-state index >= 15 is 4.39 Å². The number of anilines is 3. The number of alkyl halides is 3. The Labute approximate surface area is 231 Å². The number of nitrogens with one attached hydrogen (secondary N) is 2. The van der Waals surface area contributed by atoms with E-state index in [1.165, 1.54) is 29.0 Å². The Morgan fingerprint density at radius 3 is 2.68 bits per heavy atom. The third kappa shape index (κ3) is 5.63. The van der Waals surface area contributed by atoms with E-state index in [4.69, 9.17) is 10.5 Å². The van der Waals surface area contributed by atoms with Crippen molar-refractivity contribution in [2.45, 2.75) is 25.1 Å². The number of aromatic nitrogens is 3. The van der Waals surface area contributed by atoms with Crippen LogP contribution in [0.15, 0.2) is 54.9 Å². The number of halogens is 4. The molecule has 10 nitrogen and oxygen atoms in total. The second-order valence-corrected chi connectivity index (χ2v) is 9.45. The molecule has 3 amide bonds. The highest BCUT2D eigenvalue weighted by Crippen LogP contribution is 2.34. The third-order valence-corrected chi connectivity index (χ3v) is 6.77. The number of hydrogen-bond donors (Lipinski definition) is 3. The average Bonchev–Trinajstić information content (AvgIpc) is 3.55. The quantitative estimate of drug-likeness (QED) is 0.279. The van der Waals surface area contributed by atoms with Crippen LogP contribution in [0.25, 0.3) is 16.6 Å². The van der Waals surface area contributed by atoms with Crippen LogP contribution in [0.5, 0.6) is 0 Å². The average molecular weight is 572 g/mol. The van der Waals surface area contributed by atoms with Crippen molar-refractivity contribution in [3.8, 4) is 11.1 Å². The molecule has 1 atom stereocenters. The summed E-state index contributed by atoms with van der Waals surface area (Å²) in [6.45, 7) is 0.938. The summed E-state index contributed by atoms with van der Waals surface area (Å²) in [6.07, 6.45) is -1.74. The molecule has 2 aromatic heterocycles. The Morgan fingerprint density at radius 2 is 1.95 bits per heavy atom. The molecule has 1 unspecified atom stereocenters. The summed E-state index contributed by atoms with van der Waals surface area (Å²) in [5, 5.41) is 8.76. The zero-order valence-corrected chi connectivity index (χ0v) is 21.7. The van der Waals surface area contributed by atoms with Crippen LogP contribution in [-0.4, -0.2) is 57.7 Å². The lowest BCUT2D eigenvalue weighted by molar-refractivity contribution is -0.137. The van der Waals surface area contributed by atoms with Crippen molar-refractivity contribution in [3.63, 3.8) is 0 Å². The van der Waals surface area contributed by atoms with Crippen LogP contribution in [-0.2, 0) is 10.9 Å². The van der Waals surface area contributed by atoms with Gasteiger partial charge in [0, 0.05) is 24.9 Å². The summed E-state index contributed by atoms with van der Waals surface area (Å²) in [4.78, 5) is 31.6. The van der Waals surface area contributed by atoms with Crippen molar-refractivity contribution in [1.82, 2.24) is 19.5 Å². The fourth-order valence-corrected chi connectivity index (χ4v) is 4.90. The van der Waals surface area contributed by atoms with Crippen LogP contribution in [0.4, 0.5) is 39.5 Å². The monoisotopic (exact) mass is 571 g/mol. The Hall–Kier alpha value is -4.72. The zero-order chi connectivity index (χ0) is 29.3. The molecule has 3 heterocycles. The summed E-state index contributed by atoms with van der Waals surface area (Å²) in [6, 6.07) is 8.52. The van der Waals surface area contributed by atoms with Gasteiger partial charge in [0.05, 0.1) is 23.9 Å². The molecule has 1 aliphatic heterocycles. The van der Waals surface area contributed by atoms with Crippen LogP contribution >= 0.6 is 0 Å². The molecule has 0 radical (unpaired) electrons. The van der Waals surface area contributed by atoms with E-state index < -0.39 is 23.6 Å². The van der Waals surface area contributed by atoms with Crippen molar-refractivity contribution in [3.05, 3.63) is 71.9 Å². The molecule has 14 heteroatoms. The molecule has 0 spiro atoms. The fraction of sp³-hybridized carbons (Fsp3) is 0.259. The second-order valence-electron chi connectivity index (χ2n) is 9.45. The normalized spacial score (nSPS) is 15.3. The highest BCUT2D eigenvalue weighted by molar-refractivity contribution is 6.01. The highest BCUT2D eigenvalue weighted by atomic mass is 19.4. The minimum absolute atomic E-state index is 0.0759. The van der Waals surface area contributed by atoms with E-state index in [0.717, 1.165) is 37.1 Å². The molecule has 0 bridgehead atoms. The van der Waals surface area contributed by atoms with E-state index in [-0.39, 0.29) is 34.8 Å². The van der Waals surface area contributed by atoms with Gasteiger partial charge in [-0.25, -0.2) is 18.7 Å². The molecule has 0 saturated carbocycles. The number of benzene rings is 2. The maximum atomic E-state index is 15.2. The van der Waals surface area contributed by atoms with Gasteiger partial charge in [0.25, 0.3) is 5.91 Å². The number of fused-ring (bicyclic) bond motifs is 1. The molecule has 5 rings (SSSR count). The lowest BCUT2D eigenvalue weighted by atomic mass is 10.1. The number of nitrogen functional groups attached to an aromatic ring is 1. The molecular weight excluding hydrogens is 546 g/mol. The predicted octanol–water partition coefficient (Wildman–Crippen LogP) is 5.03. The number of likely N-dealkylation sites (tertiary alicyclic amines) is 1. The zero-order valence-electron chi connectivity index (χ0n) is 21.7. The van der Waals surface area contributed by atoms with Gasteiger partial charge < -0.3 is 26.0 Å². The van der Waals surface area contributed by atoms with Crippen molar-refractivity contribution in [2.75, 3.05) is 36.6 Å². The van der Waals surface area contributed by atoms with Gasteiger partial charge >= 0.3 is 12.2 Å². The molecular formula is C27H25F4N7O3. The minimum Gasteiger partial charge on any atom is -0.383 e. The lowest BCUT2D eigenvalue weighted by Crippen LogP contribution is -2.38. The lowest BCUT2D eigenvalue weighted by Gasteiger charge is -2.23. The molecule has 2 aromatic carbocycles. The van der Waals surface area contributed by atoms with Crippen molar-refractivity contribution < 1.29 is 31.9 Å². The number of hydrogen-bond acceptors (Lipinski definition) is 6. The van der Waals surface area contributed by atoms with Gasteiger partial charge in [-0.1, -0.05) is 12.1 Å². The largest absolute Gasteiger partial charge is 0.416 e. The first-order chi connectivity index (χ1) is 19.6. The molecule has 1 saturated heterocycles. The summed E-state index contributed by atoms with van der Waals surface area (Å²) in [7, 11) is 1.57. The molecule has 4 N–H and O–H groups in total. The first kappa shape index (κ1) is 27.8. The van der Waals surface area contributed by atoms with Gasteiger partial charge in [-0.05, 0) is 54.8 Å². The number of carbonyl (C=O) groups is 2. The van der Waals surface area contributed by atoms with Gasteiger partial charge in [-0.3, -0.25) is 4.79 Å². The first-order valence-electron chi connectivity index (χ1n) is 12.5. The minimum atomic E-state index is -4.58. The topological polar surface area (TPSA) is 127 Å². The van der Waals surface area contributed by atoms with Gasteiger partial charge in [-0.2, -0.15) is 18.3 Å².